The Balaban J connectivity index is 1.65. The molecule has 0 radical (unpaired) electrons. The maximum absolute atomic E-state index is 9.61. The predicted octanol–water partition coefficient (Wildman–Crippen LogP) is 3.39. The van der Waals surface area contributed by atoms with E-state index < -0.39 is 0 Å². The maximum atomic E-state index is 9.61. The molecule has 0 spiro atoms. The van der Waals surface area contributed by atoms with Crippen LogP contribution < -0.4 is 0 Å². The summed E-state index contributed by atoms with van der Waals surface area (Å²) in [5.74, 6) is 0.364. The van der Waals surface area contributed by atoms with Crippen molar-refractivity contribution in [3.63, 3.8) is 0 Å². The highest BCUT2D eigenvalue weighted by molar-refractivity contribution is 5.82. The molecule has 1 atom stereocenters. The van der Waals surface area contributed by atoms with Gasteiger partial charge in [-0.2, -0.15) is 5.10 Å². The van der Waals surface area contributed by atoms with Gasteiger partial charge in [0.1, 0.15) is 5.75 Å². The van der Waals surface area contributed by atoms with Crippen molar-refractivity contribution in [2.24, 2.45) is 0 Å². The van der Waals surface area contributed by atoms with E-state index in [0.717, 1.165) is 25.0 Å². The first kappa shape index (κ1) is 13.3. The van der Waals surface area contributed by atoms with Crippen LogP contribution >= 0.6 is 0 Å². The quantitative estimate of drug-likeness (QED) is 0.761. The molecule has 0 saturated heterocycles. The summed E-state index contributed by atoms with van der Waals surface area (Å²) in [6, 6.07) is 12.4. The van der Waals surface area contributed by atoms with E-state index in [0.29, 0.717) is 11.8 Å². The number of fused-ring (bicyclic) bond motifs is 2. The molecule has 0 amide bonds. The molecule has 0 aliphatic carbocycles. The lowest BCUT2D eigenvalue weighted by atomic mass is 9.95. The smallest absolute Gasteiger partial charge is 0.115 e. The third kappa shape index (κ3) is 2.16. The number of nitrogens with one attached hydrogen (secondary N) is 1. The third-order valence-corrected chi connectivity index (χ3v) is 4.75. The Labute approximate surface area is 129 Å². The molecule has 112 valence electrons. The number of aromatic amines is 1. The van der Waals surface area contributed by atoms with Crippen molar-refractivity contribution in [2.45, 2.75) is 25.9 Å². The van der Waals surface area contributed by atoms with Gasteiger partial charge in [0.2, 0.25) is 0 Å². The van der Waals surface area contributed by atoms with Crippen molar-refractivity contribution in [3.8, 4) is 5.75 Å². The van der Waals surface area contributed by atoms with Crippen molar-refractivity contribution in [3.05, 3.63) is 59.3 Å². The van der Waals surface area contributed by atoms with Crippen molar-refractivity contribution >= 4 is 10.9 Å². The van der Waals surface area contributed by atoms with Crippen molar-refractivity contribution in [1.29, 1.82) is 0 Å². The fourth-order valence-electron chi connectivity index (χ4n) is 3.44. The normalized spacial score (nSPS) is 16.6. The van der Waals surface area contributed by atoms with Gasteiger partial charge in [0, 0.05) is 24.5 Å². The van der Waals surface area contributed by atoms with Crippen molar-refractivity contribution in [2.75, 3.05) is 6.54 Å². The van der Waals surface area contributed by atoms with Gasteiger partial charge in [-0.05, 0) is 48.2 Å². The molecule has 4 rings (SSSR count). The van der Waals surface area contributed by atoms with Crippen LogP contribution in [0.2, 0.25) is 0 Å². The monoisotopic (exact) mass is 293 g/mol. The largest absolute Gasteiger partial charge is 0.508 e. The Morgan fingerprint density at radius 2 is 2.14 bits per heavy atom. The molecule has 2 N–H and O–H groups in total. The molecule has 1 aliphatic rings. The molecule has 1 unspecified atom stereocenters. The first-order chi connectivity index (χ1) is 10.7. The Morgan fingerprint density at radius 1 is 1.23 bits per heavy atom. The first-order valence-electron chi connectivity index (χ1n) is 7.69. The highest BCUT2D eigenvalue weighted by atomic mass is 16.3. The van der Waals surface area contributed by atoms with Gasteiger partial charge in [0.25, 0.3) is 0 Å². The number of aromatic hydroxyl groups is 1. The first-order valence-corrected chi connectivity index (χ1v) is 7.69. The molecule has 4 nitrogen and oxygen atoms in total. The fraction of sp³-hybridized carbons (Fsp3) is 0.278. The van der Waals surface area contributed by atoms with Crippen LogP contribution in [0.1, 0.15) is 29.7 Å². The van der Waals surface area contributed by atoms with Crippen molar-refractivity contribution in [1.82, 2.24) is 15.1 Å². The molecule has 2 aromatic carbocycles. The zero-order valence-electron chi connectivity index (χ0n) is 12.6. The number of aromatic nitrogens is 2. The number of nitrogens with zero attached hydrogens (tertiary/aromatic N) is 2. The summed E-state index contributed by atoms with van der Waals surface area (Å²) < 4.78 is 0. The van der Waals surface area contributed by atoms with Crippen molar-refractivity contribution < 1.29 is 5.11 Å². The highest BCUT2D eigenvalue weighted by Crippen LogP contribution is 2.32. The van der Waals surface area contributed by atoms with Crippen LogP contribution in [0.4, 0.5) is 0 Å². The molecule has 3 aromatic rings. The van der Waals surface area contributed by atoms with E-state index in [2.05, 4.69) is 40.2 Å². The molecule has 4 heteroatoms. The number of hydrogen-bond acceptors (Lipinski definition) is 3. The number of H-pyrrole nitrogens is 1. The molecule has 0 fully saturated rings. The lowest BCUT2D eigenvalue weighted by Gasteiger charge is -2.34. The molecule has 1 aromatic heterocycles. The van der Waals surface area contributed by atoms with Gasteiger partial charge >= 0.3 is 0 Å². The number of phenolic OH excluding ortho intramolecular Hbond substituents is 1. The highest BCUT2D eigenvalue weighted by Gasteiger charge is 2.23. The summed E-state index contributed by atoms with van der Waals surface area (Å²) in [5, 5.41) is 18.0. The SMILES string of the molecule is CC(c1cccc2[nH]ncc12)N1CCc2cc(O)ccc2C1. The minimum atomic E-state index is 0.336. The van der Waals surface area contributed by atoms with Crippen LogP contribution in [0.15, 0.2) is 42.6 Å². The van der Waals surface area contributed by atoms with E-state index in [9.17, 15) is 5.11 Å². The number of phenols is 1. The Kier molecular flexibility index (Phi) is 3.12. The van der Waals surface area contributed by atoms with Gasteiger partial charge < -0.3 is 5.11 Å². The molecule has 1 aliphatic heterocycles. The van der Waals surface area contributed by atoms with Gasteiger partial charge in [-0.1, -0.05) is 18.2 Å². The average molecular weight is 293 g/mol. The maximum Gasteiger partial charge on any atom is 0.115 e. The van der Waals surface area contributed by atoms with E-state index in [1.165, 1.54) is 22.1 Å². The molecule has 0 bridgehead atoms. The van der Waals surface area contributed by atoms with Gasteiger partial charge in [-0.25, -0.2) is 0 Å². The van der Waals surface area contributed by atoms with E-state index in [4.69, 9.17) is 0 Å². The van der Waals surface area contributed by atoms with Crippen LogP contribution in [-0.4, -0.2) is 26.7 Å². The summed E-state index contributed by atoms with van der Waals surface area (Å²) in [7, 11) is 0. The third-order valence-electron chi connectivity index (χ3n) is 4.75. The summed E-state index contributed by atoms with van der Waals surface area (Å²) in [4.78, 5) is 2.49. The van der Waals surface area contributed by atoms with Gasteiger partial charge in [0.15, 0.2) is 0 Å². The van der Waals surface area contributed by atoms with Crippen LogP contribution in [0.25, 0.3) is 10.9 Å². The molecular weight excluding hydrogens is 274 g/mol. The molecule has 0 saturated carbocycles. The second-order valence-electron chi connectivity index (χ2n) is 6.03. The summed E-state index contributed by atoms with van der Waals surface area (Å²) in [6.07, 6.45) is 2.90. The average Bonchev–Trinajstić information content (AvgIpc) is 3.02. The van der Waals surface area contributed by atoms with E-state index >= 15 is 0 Å². The van der Waals surface area contributed by atoms with E-state index in [1.54, 1.807) is 6.07 Å². The minimum Gasteiger partial charge on any atom is -0.508 e. The van der Waals surface area contributed by atoms with Crippen LogP contribution in [0.3, 0.4) is 0 Å². The molecule has 2 heterocycles. The van der Waals surface area contributed by atoms with Crippen LogP contribution in [-0.2, 0) is 13.0 Å². The topological polar surface area (TPSA) is 52.2 Å². The zero-order valence-corrected chi connectivity index (χ0v) is 12.6. The Hall–Kier alpha value is -2.33. The Bertz CT molecular complexity index is 824. The lowest BCUT2D eigenvalue weighted by Crippen LogP contribution is -2.32. The second kappa shape index (κ2) is 5.14. The van der Waals surface area contributed by atoms with E-state index in [-0.39, 0.29) is 0 Å². The standard InChI is InChI=1S/C18H19N3O/c1-12(16-3-2-4-18-17(16)10-19-20-18)21-8-7-13-9-15(22)6-5-14(13)11-21/h2-6,9-10,12,22H,7-8,11H2,1H3,(H,19,20). The predicted molar refractivity (Wildman–Crippen MR) is 86.7 cm³/mol. The second-order valence-corrected chi connectivity index (χ2v) is 6.03. The number of benzene rings is 2. The summed E-state index contributed by atoms with van der Waals surface area (Å²) in [5.41, 5.74) is 4.99. The van der Waals surface area contributed by atoms with Gasteiger partial charge in [-0.15, -0.1) is 0 Å². The van der Waals surface area contributed by atoms with Crippen LogP contribution in [0, 0.1) is 0 Å². The summed E-state index contributed by atoms with van der Waals surface area (Å²) in [6.45, 7) is 4.18. The van der Waals surface area contributed by atoms with Gasteiger partial charge in [-0.3, -0.25) is 10.00 Å². The molecular formula is C18H19N3O. The molecule has 22 heavy (non-hydrogen) atoms. The fourth-order valence-corrected chi connectivity index (χ4v) is 3.44. The summed E-state index contributed by atoms with van der Waals surface area (Å²) >= 11 is 0. The zero-order chi connectivity index (χ0) is 15.1. The van der Waals surface area contributed by atoms with Gasteiger partial charge in [0.05, 0.1) is 11.7 Å². The van der Waals surface area contributed by atoms with E-state index in [1.807, 2.05) is 18.3 Å². The Morgan fingerprint density at radius 3 is 3.05 bits per heavy atom. The number of hydrogen-bond donors (Lipinski definition) is 2. The number of rotatable bonds is 2. The van der Waals surface area contributed by atoms with Crippen LogP contribution in [0.5, 0.6) is 5.75 Å². The minimum absolute atomic E-state index is 0.336. The lowest BCUT2D eigenvalue weighted by molar-refractivity contribution is 0.193.